The summed E-state index contributed by atoms with van der Waals surface area (Å²) in [5.41, 5.74) is -0.796. The largest absolute Gasteiger partial charge is 0.499 e. The number of Topliss-reactive ketones (excluding diaryl/α,β-unsaturated/α-hetero) is 1. The number of rotatable bonds is 5. The Balaban J connectivity index is 2.33. The number of nitro benzene ring substituents is 1. The molecule has 23 heavy (non-hydrogen) atoms. The van der Waals surface area contributed by atoms with Crippen molar-refractivity contribution in [2.45, 2.75) is 19.8 Å². The van der Waals surface area contributed by atoms with Gasteiger partial charge in [-0.15, -0.1) is 0 Å². The summed E-state index contributed by atoms with van der Waals surface area (Å²) >= 11 is 0. The molecule has 0 saturated heterocycles. The van der Waals surface area contributed by atoms with Crippen LogP contribution < -0.4 is 4.74 Å². The summed E-state index contributed by atoms with van der Waals surface area (Å²) in [6.45, 7) is 1.56. The summed E-state index contributed by atoms with van der Waals surface area (Å²) in [4.78, 5) is 27.2. The first-order valence-electron chi connectivity index (χ1n) is 6.87. The number of ketones is 1. The van der Waals surface area contributed by atoms with E-state index in [1.165, 1.54) is 13.2 Å². The Kier molecular flexibility index (Phi) is 3.47. The Morgan fingerprint density at radius 1 is 1.52 bits per heavy atom. The highest BCUT2D eigenvalue weighted by atomic mass is 16.6. The van der Waals surface area contributed by atoms with Crippen molar-refractivity contribution in [3.63, 3.8) is 0 Å². The van der Waals surface area contributed by atoms with E-state index >= 15 is 0 Å². The van der Waals surface area contributed by atoms with E-state index in [-0.39, 0.29) is 34.5 Å². The van der Waals surface area contributed by atoms with Crippen molar-refractivity contribution >= 4 is 11.5 Å². The van der Waals surface area contributed by atoms with Crippen molar-refractivity contribution in [1.29, 1.82) is 0 Å². The van der Waals surface area contributed by atoms with E-state index in [0.717, 1.165) is 0 Å². The second-order valence-electron chi connectivity index (χ2n) is 5.23. The molecule has 0 spiro atoms. The van der Waals surface area contributed by atoms with Crippen LogP contribution in [0.5, 0.6) is 11.5 Å². The average molecular weight is 319 g/mol. The van der Waals surface area contributed by atoms with Crippen LogP contribution in [0, 0.1) is 23.0 Å². The molecule has 1 aromatic heterocycles. The van der Waals surface area contributed by atoms with Gasteiger partial charge in [-0.25, -0.2) is 0 Å². The monoisotopic (exact) mass is 319 g/mol. The van der Waals surface area contributed by atoms with Crippen molar-refractivity contribution in [3.05, 3.63) is 27.6 Å². The van der Waals surface area contributed by atoms with E-state index in [1.807, 2.05) is 0 Å². The molecule has 120 valence electrons. The van der Waals surface area contributed by atoms with Crippen LogP contribution in [0.1, 0.15) is 29.1 Å². The number of phenolic OH excluding ortho intramolecular Hbond substituents is 1. The lowest BCUT2D eigenvalue weighted by molar-refractivity contribution is -0.386. The first-order valence-corrected chi connectivity index (χ1v) is 6.87. The van der Waals surface area contributed by atoms with Crippen LogP contribution in [-0.4, -0.2) is 33.1 Å². The Morgan fingerprint density at radius 2 is 2.22 bits per heavy atom. The van der Waals surface area contributed by atoms with Crippen LogP contribution in [0.2, 0.25) is 0 Å². The molecule has 0 amide bonds. The van der Waals surface area contributed by atoms with Gasteiger partial charge in [-0.3, -0.25) is 14.9 Å². The molecule has 1 saturated carbocycles. The summed E-state index contributed by atoms with van der Waals surface area (Å²) in [7, 11) is 1.26. The molecule has 1 fully saturated rings. The Bertz CT molecular complexity index is 809. The minimum Gasteiger partial charge on any atom is -0.499 e. The van der Waals surface area contributed by atoms with E-state index in [9.17, 15) is 20.0 Å². The highest BCUT2D eigenvalue weighted by molar-refractivity contribution is 6.09. The van der Waals surface area contributed by atoms with E-state index in [4.69, 9.17) is 9.26 Å². The van der Waals surface area contributed by atoms with E-state index < -0.39 is 22.1 Å². The minimum absolute atomic E-state index is 0.0351. The van der Waals surface area contributed by atoms with Gasteiger partial charge in [0.15, 0.2) is 11.5 Å². The van der Waals surface area contributed by atoms with Crippen LogP contribution in [-0.2, 0) is 0 Å². The normalized spacial score (nSPS) is 13.8. The maximum atomic E-state index is 12.5. The van der Waals surface area contributed by atoms with E-state index in [2.05, 4.69) is 10.1 Å². The molecular formula is C14H13N3O6. The lowest BCUT2D eigenvalue weighted by Crippen LogP contribution is -2.09. The third kappa shape index (κ3) is 2.50. The number of aromatic nitrogens is 2. The molecule has 1 aliphatic rings. The van der Waals surface area contributed by atoms with Gasteiger partial charge in [0, 0.05) is 18.4 Å². The molecule has 0 radical (unpaired) electrons. The van der Waals surface area contributed by atoms with Crippen molar-refractivity contribution in [3.8, 4) is 22.9 Å². The molecule has 0 unspecified atom stereocenters. The van der Waals surface area contributed by atoms with Crippen LogP contribution in [0.4, 0.5) is 5.69 Å². The third-order valence-corrected chi connectivity index (χ3v) is 3.60. The second kappa shape index (κ2) is 5.34. The molecule has 1 aliphatic carbocycles. The SMILES string of the molecule is COc1cc(-c2noc(C)n2)c(C(=O)C2CC2)c([N+](=O)[O-])c1O. The Labute approximate surface area is 130 Å². The van der Waals surface area contributed by atoms with Gasteiger partial charge in [0.05, 0.1) is 12.0 Å². The molecule has 0 atom stereocenters. The smallest absolute Gasteiger partial charge is 0.326 e. The number of aryl methyl sites for hydroxylation is 1. The number of carbonyl (C=O) groups excluding carboxylic acids is 1. The van der Waals surface area contributed by atoms with Crippen molar-refractivity contribution < 1.29 is 24.1 Å². The lowest BCUT2D eigenvalue weighted by atomic mass is 9.96. The predicted octanol–water partition coefficient (Wildman–Crippen LogP) is 2.26. The number of aromatic hydroxyl groups is 1. The van der Waals surface area contributed by atoms with E-state index in [1.54, 1.807) is 6.92 Å². The van der Waals surface area contributed by atoms with Crippen molar-refractivity contribution in [2.24, 2.45) is 5.92 Å². The number of nitro groups is 1. The van der Waals surface area contributed by atoms with Crippen LogP contribution in [0.25, 0.3) is 11.4 Å². The van der Waals surface area contributed by atoms with Gasteiger partial charge in [0.1, 0.15) is 5.56 Å². The summed E-state index contributed by atoms with van der Waals surface area (Å²) < 4.78 is 9.85. The van der Waals surface area contributed by atoms with Gasteiger partial charge < -0.3 is 14.4 Å². The van der Waals surface area contributed by atoms with Gasteiger partial charge in [-0.1, -0.05) is 5.16 Å². The highest BCUT2D eigenvalue weighted by Gasteiger charge is 2.40. The summed E-state index contributed by atoms with van der Waals surface area (Å²) in [6.07, 6.45) is 1.32. The van der Waals surface area contributed by atoms with Gasteiger partial charge >= 0.3 is 5.69 Å². The van der Waals surface area contributed by atoms with Gasteiger partial charge in [-0.2, -0.15) is 4.98 Å². The first-order chi connectivity index (χ1) is 10.9. The number of nitrogens with zero attached hydrogens (tertiary/aromatic N) is 3. The number of ether oxygens (including phenoxy) is 1. The lowest BCUT2D eigenvalue weighted by Gasteiger charge is -2.11. The molecule has 9 heteroatoms. The van der Waals surface area contributed by atoms with Crippen molar-refractivity contribution in [1.82, 2.24) is 10.1 Å². The molecule has 9 nitrogen and oxygen atoms in total. The fourth-order valence-corrected chi connectivity index (χ4v) is 2.35. The number of hydrogen-bond donors (Lipinski definition) is 1. The highest BCUT2D eigenvalue weighted by Crippen LogP contribution is 2.46. The summed E-state index contributed by atoms with van der Waals surface area (Å²) in [5.74, 6) is -1.24. The Hall–Kier alpha value is -2.97. The fourth-order valence-electron chi connectivity index (χ4n) is 2.35. The maximum absolute atomic E-state index is 12.5. The van der Waals surface area contributed by atoms with E-state index in [0.29, 0.717) is 12.8 Å². The number of hydrogen-bond acceptors (Lipinski definition) is 8. The van der Waals surface area contributed by atoms with Gasteiger partial charge in [-0.05, 0) is 18.9 Å². The molecule has 3 rings (SSSR count). The molecule has 0 bridgehead atoms. The van der Waals surface area contributed by atoms with Crippen molar-refractivity contribution in [2.75, 3.05) is 7.11 Å². The Morgan fingerprint density at radius 3 is 2.70 bits per heavy atom. The fraction of sp³-hybridized carbons (Fsp3) is 0.357. The van der Waals surface area contributed by atoms with Crippen LogP contribution in [0.15, 0.2) is 10.6 Å². The molecule has 1 heterocycles. The van der Waals surface area contributed by atoms with Gasteiger partial charge in [0.2, 0.25) is 17.5 Å². The molecule has 1 N–H and O–H groups in total. The average Bonchev–Trinajstić information content (AvgIpc) is 3.27. The quantitative estimate of drug-likeness (QED) is 0.504. The number of benzene rings is 1. The summed E-state index contributed by atoms with van der Waals surface area (Å²) in [6, 6.07) is 1.31. The molecule has 0 aliphatic heterocycles. The van der Waals surface area contributed by atoms with Crippen LogP contribution >= 0.6 is 0 Å². The van der Waals surface area contributed by atoms with Gasteiger partial charge in [0.25, 0.3) is 0 Å². The molecular weight excluding hydrogens is 306 g/mol. The van der Waals surface area contributed by atoms with Crippen LogP contribution in [0.3, 0.4) is 0 Å². The zero-order chi connectivity index (χ0) is 16.7. The maximum Gasteiger partial charge on any atom is 0.326 e. The topological polar surface area (TPSA) is 129 Å². The number of methoxy groups -OCH3 is 1. The zero-order valence-electron chi connectivity index (χ0n) is 12.4. The minimum atomic E-state index is -0.802. The zero-order valence-corrected chi connectivity index (χ0v) is 12.4. The number of carbonyl (C=O) groups is 1. The second-order valence-corrected chi connectivity index (χ2v) is 5.23. The standard InChI is InChI=1S/C14H13N3O6/c1-6-15-14(16-23-6)8-5-9(22-2)13(19)11(17(20)21)10(8)12(18)7-3-4-7/h5,7,19H,3-4H2,1-2H3. The molecule has 1 aromatic carbocycles. The predicted molar refractivity (Wildman–Crippen MR) is 76.4 cm³/mol. The summed E-state index contributed by atoms with van der Waals surface area (Å²) in [5, 5.41) is 25.2. The first kappa shape index (κ1) is 14.9. The third-order valence-electron chi connectivity index (χ3n) is 3.60. The molecule has 2 aromatic rings. The number of phenols is 1.